The summed E-state index contributed by atoms with van der Waals surface area (Å²) < 4.78 is 0. The molecule has 0 aliphatic carbocycles. The number of hydrogen-bond acceptors (Lipinski definition) is 5. The van der Waals surface area contributed by atoms with E-state index in [1.807, 2.05) is 48.3 Å². The number of carbonyl (C=O) groups is 1. The quantitative estimate of drug-likeness (QED) is 0.883. The van der Waals surface area contributed by atoms with Gasteiger partial charge in [0.1, 0.15) is 0 Å². The average Bonchev–Trinajstić information content (AvgIpc) is 2.97. The van der Waals surface area contributed by atoms with Crippen LogP contribution in [0.2, 0.25) is 0 Å². The summed E-state index contributed by atoms with van der Waals surface area (Å²) in [6, 6.07) is 10.4. The van der Waals surface area contributed by atoms with E-state index in [1.165, 1.54) is 11.3 Å². The molecule has 1 saturated heterocycles. The van der Waals surface area contributed by atoms with Crippen LogP contribution in [0.3, 0.4) is 0 Å². The van der Waals surface area contributed by atoms with Crippen molar-refractivity contribution >= 4 is 46.5 Å². The molecule has 22 heavy (non-hydrogen) atoms. The molecule has 1 aromatic heterocycles. The fourth-order valence-electron chi connectivity index (χ4n) is 2.21. The zero-order valence-corrected chi connectivity index (χ0v) is 14.4. The topological polar surface area (TPSA) is 54.0 Å². The fraction of sp³-hybridized carbons (Fsp3) is 0.333. The first-order valence-corrected chi connectivity index (χ1v) is 8.90. The summed E-state index contributed by atoms with van der Waals surface area (Å²) in [6.07, 6.45) is 2.32. The Balaban J connectivity index is 0.00000176. The number of rotatable bonds is 4. The van der Waals surface area contributed by atoms with Crippen molar-refractivity contribution in [3.8, 4) is 10.4 Å². The van der Waals surface area contributed by atoms with Crippen molar-refractivity contribution in [1.82, 2.24) is 10.3 Å². The number of nitrogens with zero attached hydrogens (tertiary/aromatic N) is 1. The third-order valence-corrected chi connectivity index (χ3v) is 5.33. The number of nitrogens with one attached hydrogen (secondary N) is 2. The lowest BCUT2D eigenvalue weighted by Gasteiger charge is -2.22. The molecule has 1 aromatic carbocycles. The number of thioether (sulfide) groups is 1. The van der Waals surface area contributed by atoms with Gasteiger partial charge in [-0.1, -0.05) is 41.7 Å². The maximum atomic E-state index is 12.0. The molecule has 1 atom stereocenters. The molecule has 1 aliphatic rings. The Bertz CT molecular complexity index is 600. The fourth-order valence-corrected chi connectivity index (χ4v) is 4.00. The van der Waals surface area contributed by atoms with Gasteiger partial charge in [0.05, 0.1) is 4.88 Å². The van der Waals surface area contributed by atoms with Crippen LogP contribution in [-0.2, 0) is 4.79 Å². The molecule has 2 N–H and O–H groups in total. The molecule has 7 heteroatoms. The van der Waals surface area contributed by atoms with E-state index in [4.69, 9.17) is 0 Å². The smallest absolute Gasteiger partial charge is 0.227 e. The van der Waals surface area contributed by atoms with Crippen molar-refractivity contribution in [3.05, 3.63) is 36.5 Å². The Kier molecular flexibility index (Phi) is 6.70. The van der Waals surface area contributed by atoms with Crippen LogP contribution >= 0.6 is 35.5 Å². The van der Waals surface area contributed by atoms with Gasteiger partial charge in [0.25, 0.3) is 0 Å². The summed E-state index contributed by atoms with van der Waals surface area (Å²) in [5.74, 6) is 2.16. The molecule has 3 rings (SSSR count). The molecular weight excluding hydrogens is 338 g/mol. The Morgan fingerprint density at radius 2 is 2.18 bits per heavy atom. The van der Waals surface area contributed by atoms with Gasteiger partial charge in [-0.25, -0.2) is 4.98 Å². The zero-order valence-electron chi connectivity index (χ0n) is 12.0. The number of thiazole rings is 1. The number of amides is 1. The van der Waals surface area contributed by atoms with Crippen molar-refractivity contribution < 1.29 is 4.79 Å². The van der Waals surface area contributed by atoms with E-state index in [2.05, 4.69) is 15.6 Å². The molecule has 0 radical (unpaired) electrons. The van der Waals surface area contributed by atoms with Gasteiger partial charge >= 0.3 is 0 Å². The SMILES string of the molecule is Cl.O=C(CC1CSCCN1)Nc1ncc(-c2ccccc2)s1. The van der Waals surface area contributed by atoms with Gasteiger partial charge < -0.3 is 10.6 Å². The van der Waals surface area contributed by atoms with E-state index >= 15 is 0 Å². The average molecular weight is 356 g/mol. The number of halogens is 1. The van der Waals surface area contributed by atoms with Crippen molar-refractivity contribution in [2.45, 2.75) is 12.5 Å². The summed E-state index contributed by atoms with van der Waals surface area (Å²) in [6.45, 7) is 0.984. The number of anilines is 1. The number of hydrogen-bond donors (Lipinski definition) is 2. The van der Waals surface area contributed by atoms with Crippen LogP contribution in [0.25, 0.3) is 10.4 Å². The second kappa shape index (κ2) is 8.53. The number of aromatic nitrogens is 1. The molecule has 1 amide bonds. The van der Waals surface area contributed by atoms with Crippen LogP contribution in [0.15, 0.2) is 36.5 Å². The van der Waals surface area contributed by atoms with Gasteiger partial charge in [0.15, 0.2) is 5.13 Å². The van der Waals surface area contributed by atoms with Gasteiger partial charge in [0.2, 0.25) is 5.91 Å². The normalized spacial score (nSPS) is 17.5. The van der Waals surface area contributed by atoms with E-state index in [-0.39, 0.29) is 24.4 Å². The van der Waals surface area contributed by atoms with Crippen molar-refractivity contribution in [2.24, 2.45) is 0 Å². The lowest BCUT2D eigenvalue weighted by molar-refractivity contribution is -0.116. The minimum atomic E-state index is 0. The van der Waals surface area contributed by atoms with Gasteiger partial charge in [-0.3, -0.25) is 4.79 Å². The van der Waals surface area contributed by atoms with Crippen molar-refractivity contribution in [1.29, 1.82) is 0 Å². The maximum absolute atomic E-state index is 12.0. The van der Waals surface area contributed by atoms with E-state index < -0.39 is 0 Å². The molecular formula is C15H18ClN3OS2. The van der Waals surface area contributed by atoms with Crippen molar-refractivity contribution in [2.75, 3.05) is 23.4 Å². The molecule has 1 aliphatic heterocycles. The highest BCUT2D eigenvalue weighted by Gasteiger charge is 2.17. The van der Waals surface area contributed by atoms with Gasteiger partial charge in [-0.05, 0) is 5.56 Å². The second-order valence-electron chi connectivity index (χ2n) is 4.87. The largest absolute Gasteiger partial charge is 0.312 e. The predicted octanol–water partition coefficient (Wildman–Crippen LogP) is 3.27. The van der Waals surface area contributed by atoms with Crippen LogP contribution in [-0.4, -0.2) is 35.0 Å². The van der Waals surface area contributed by atoms with E-state index in [1.54, 1.807) is 0 Å². The first kappa shape index (κ1) is 17.3. The van der Waals surface area contributed by atoms with Crippen LogP contribution in [0, 0.1) is 0 Å². The Hall–Kier alpha value is -1.08. The number of benzene rings is 1. The predicted molar refractivity (Wildman–Crippen MR) is 97.2 cm³/mol. The Morgan fingerprint density at radius 3 is 2.91 bits per heavy atom. The van der Waals surface area contributed by atoms with Gasteiger partial charge in [-0.15, -0.1) is 12.4 Å². The van der Waals surface area contributed by atoms with Crippen LogP contribution in [0.5, 0.6) is 0 Å². The summed E-state index contributed by atoms with van der Waals surface area (Å²) in [4.78, 5) is 17.4. The molecule has 1 fully saturated rings. The Morgan fingerprint density at radius 1 is 1.36 bits per heavy atom. The van der Waals surface area contributed by atoms with E-state index in [0.717, 1.165) is 28.5 Å². The summed E-state index contributed by atoms with van der Waals surface area (Å²) in [5, 5.41) is 6.94. The minimum absolute atomic E-state index is 0. The number of carbonyl (C=O) groups excluding carboxylic acids is 1. The maximum Gasteiger partial charge on any atom is 0.227 e. The van der Waals surface area contributed by atoms with Crippen LogP contribution in [0.1, 0.15) is 6.42 Å². The lowest BCUT2D eigenvalue weighted by Crippen LogP contribution is -2.39. The molecule has 0 spiro atoms. The molecule has 0 saturated carbocycles. The standard InChI is InChI=1S/C15H17N3OS2.ClH/c19-14(8-12-10-20-7-6-16-12)18-15-17-9-13(21-15)11-4-2-1-3-5-11;/h1-5,9,12,16H,6-8,10H2,(H,17,18,19);1H. The second-order valence-corrected chi connectivity index (χ2v) is 7.05. The highest BCUT2D eigenvalue weighted by Crippen LogP contribution is 2.28. The third kappa shape index (κ3) is 4.71. The van der Waals surface area contributed by atoms with Crippen LogP contribution < -0.4 is 10.6 Å². The highest BCUT2D eigenvalue weighted by atomic mass is 35.5. The summed E-state index contributed by atoms with van der Waals surface area (Å²) >= 11 is 3.40. The van der Waals surface area contributed by atoms with E-state index in [0.29, 0.717) is 11.6 Å². The molecule has 118 valence electrons. The molecule has 0 bridgehead atoms. The molecule has 2 heterocycles. The van der Waals surface area contributed by atoms with Crippen molar-refractivity contribution in [3.63, 3.8) is 0 Å². The molecule has 1 unspecified atom stereocenters. The van der Waals surface area contributed by atoms with Gasteiger partial charge in [-0.2, -0.15) is 11.8 Å². The monoisotopic (exact) mass is 355 g/mol. The lowest BCUT2D eigenvalue weighted by atomic mass is 10.2. The van der Waals surface area contributed by atoms with Gasteiger partial charge in [0, 0.05) is 36.7 Å². The summed E-state index contributed by atoms with van der Waals surface area (Å²) in [5.41, 5.74) is 1.13. The highest BCUT2D eigenvalue weighted by molar-refractivity contribution is 7.99. The Labute approximate surface area is 144 Å². The van der Waals surface area contributed by atoms with E-state index in [9.17, 15) is 4.79 Å². The van der Waals surface area contributed by atoms with Crippen LogP contribution in [0.4, 0.5) is 5.13 Å². The first-order chi connectivity index (χ1) is 10.3. The third-order valence-electron chi connectivity index (χ3n) is 3.24. The first-order valence-electron chi connectivity index (χ1n) is 6.93. The zero-order chi connectivity index (χ0) is 14.5. The summed E-state index contributed by atoms with van der Waals surface area (Å²) in [7, 11) is 0. The minimum Gasteiger partial charge on any atom is -0.312 e. The molecule has 2 aromatic rings. The molecule has 4 nitrogen and oxygen atoms in total.